The summed E-state index contributed by atoms with van der Waals surface area (Å²) in [6.07, 6.45) is 1.75. The van der Waals surface area contributed by atoms with Gasteiger partial charge in [0.1, 0.15) is 17.4 Å². The zero-order valence-electron chi connectivity index (χ0n) is 30.9. The minimum atomic E-state index is -0.475. The maximum atomic E-state index is 11.4. The van der Waals surface area contributed by atoms with E-state index in [1.165, 1.54) is 0 Å². The highest BCUT2D eigenvalue weighted by atomic mass is 16.4. The second-order valence-electron chi connectivity index (χ2n) is 15.4. The van der Waals surface area contributed by atoms with Gasteiger partial charge in [-0.3, -0.25) is 9.59 Å². The second kappa shape index (κ2) is 15.0. The van der Waals surface area contributed by atoms with Crippen LogP contribution in [0, 0.1) is 34.6 Å². The molecule has 12 nitrogen and oxygen atoms in total. The summed E-state index contributed by atoms with van der Waals surface area (Å²) in [5.74, 6) is 3.94. The van der Waals surface area contributed by atoms with E-state index in [4.69, 9.17) is 8.83 Å². The maximum absolute atomic E-state index is 11.4. The number of aromatic nitrogens is 7. The van der Waals surface area contributed by atoms with Gasteiger partial charge in [-0.25, -0.2) is 15.0 Å². The Balaban J connectivity index is 0.000000309. The summed E-state index contributed by atoms with van der Waals surface area (Å²) in [5, 5.41) is 17.1. The molecule has 0 bridgehead atoms. The van der Waals surface area contributed by atoms with E-state index in [1.807, 2.05) is 55.4 Å². The molecule has 0 saturated carbocycles. The van der Waals surface area contributed by atoms with E-state index in [2.05, 4.69) is 76.7 Å². The number of rotatable bonds is 0. The number of nitrogens with one attached hydrogen (secondary N) is 2. The number of H-pyrrole nitrogens is 2. The van der Waals surface area contributed by atoms with Crippen molar-refractivity contribution in [2.24, 2.45) is 0 Å². The monoisotopic (exact) mass is 641 g/mol. The molecule has 0 atom stereocenters. The van der Waals surface area contributed by atoms with Crippen LogP contribution in [-0.2, 0) is 21.7 Å². The van der Waals surface area contributed by atoms with Crippen molar-refractivity contribution >= 4 is 0 Å². The molecule has 4 aromatic rings. The van der Waals surface area contributed by atoms with Gasteiger partial charge in [-0.15, -0.1) is 10.2 Å². The molecule has 0 amide bonds. The third-order valence-electron chi connectivity index (χ3n) is 6.13. The molecule has 0 spiro atoms. The van der Waals surface area contributed by atoms with E-state index in [0.717, 1.165) is 22.9 Å². The molecule has 0 aliphatic heterocycles. The van der Waals surface area contributed by atoms with Gasteiger partial charge >= 0.3 is 0 Å². The molecule has 0 saturated heterocycles. The molecular formula is C34H55N7O5. The summed E-state index contributed by atoms with van der Waals surface area (Å²) in [6.45, 7) is 33.2. The summed E-state index contributed by atoms with van der Waals surface area (Å²) in [5.41, 5.74) is 1.16. The number of aryl methyl sites for hydroxylation is 4. The number of aromatic hydroxyl groups is 1. The van der Waals surface area contributed by atoms with Crippen molar-refractivity contribution in [3.63, 3.8) is 0 Å². The predicted octanol–water partition coefficient (Wildman–Crippen LogP) is 6.72. The van der Waals surface area contributed by atoms with Crippen molar-refractivity contribution in [3.05, 3.63) is 78.9 Å². The molecule has 4 aromatic heterocycles. The molecule has 4 rings (SSSR count). The highest BCUT2D eigenvalue weighted by molar-refractivity contribution is 5.29. The van der Waals surface area contributed by atoms with Crippen LogP contribution < -0.4 is 11.1 Å². The lowest BCUT2D eigenvalue weighted by Gasteiger charge is -2.19. The first-order chi connectivity index (χ1) is 20.6. The van der Waals surface area contributed by atoms with Crippen LogP contribution in [0.3, 0.4) is 0 Å². The fraction of sp³-hybridized carbons (Fsp3) is 0.618. The molecule has 0 unspecified atom stereocenters. The smallest absolute Gasteiger partial charge is 0.293 e. The van der Waals surface area contributed by atoms with Gasteiger partial charge in [0.2, 0.25) is 17.5 Å². The molecule has 0 aliphatic rings. The van der Waals surface area contributed by atoms with Gasteiger partial charge in [-0.05, 0) is 27.7 Å². The first-order valence-corrected chi connectivity index (χ1v) is 15.3. The lowest BCUT2D eigenvalue weighted by molar-refractivity contribution is 0.380. The Kier molecular flexibility index (Phi) is 13.0. The summed E-state index contributed by atoms with van der Waals surface area (Å²) in [6, 6.07) is 0. The van der Waals surface area contributed by atoms with Gasteiger partial charge in [0.15, 0.2) is 5.89 Å². The van der Waals surface area contributed by atoms with Gasteiger partial charge in [-0.1, -0.05) is 83.1 Å². The van der Waals surface area contributed by atoms with E-state index in [0.29, 0.717) is 29.1 Å². The predicted molar refractivity (Wildman–Crippen MR) is 181 cm³/mol. The van der Waals surface area contributed by atoms with Gasteiger partial charge in [0.05, 0.1) is 17.6 Å². The molecule has 4 heterocycles. The molecular weight excluding hydrogens is 586 g/mol. The van der Waals surface area contributed by atoms with E-state index >= 15 is 0 Å². The van der Waals surface area contributed by atoms with Crippen molar-refractivity contribution in [2.75, 3.05) is 0 Å². The van der Waals surface area contributed by atoms with Crippen molar-refractivity contribution in [1.82, 2.24) is 35.1 Å². The molecule has 0 radical (unpaired) electrons. The fourth-order valence-electron chi connectivity index (χ4n) is 3.78. The zero-order chi connectivity index (χ0) is 36.0. The van der Waals surface area contributed by atoms with E-state index in [9.17, 15) is 14.7 Å². The summed E-state index contributed by atoms with van der Waals surface area (Å²) >= 11 is 0. The van der Waals surface area contributed by atoms with Crippen molar-refractivity contribution in [1.29, 1.82) is 0 Å². The number of oxazole rings is 1. The summed E-state index contributed by atoms with van der Waals surface area (Å²) in [7, 11) is 0. The van der Waals surface area contributed by atoms with Crippen molar-refractivity contribution in [3.8, 4) is 5.75 Å². The largest absolute Gasteiger partial charge is 0.502 e. The van der Waals surface area contributed by atoms with Gasteiger partial charge in [0.25, 0.3) is 11.1 Å². The Bertz CT molecular complexity index is 1560. The quantitative estimate of drug-likeness (QED) is 0.187. The van der Waals surface area contributed by atoms with Crippen LogP contribution in [0.1, 0.15) is 135 Å². The third-order valence-corrected chi connectivity index (χ3v) is 6.13. The van der Waals surface area contributed by atoms with Crippen LogP contribution >= 0.6 is 0 Å². The molecule has 0 aliphatic carbocycles. The number of nitrogens with zero attached hydrogens (tertiary/aromatic N) is 5. The van der Waals surface area contributed by atoms with Gasteiger partial charge < -0.3 is 23.9 Å². The van der Waals surface area contributed by atoms with Crippen molar-refractivity contribution in [2.45, 2.75) is 139 Å². The highest BCUT2D eigenvalue weighted by Gasteiger charge is 2.23. The Labute approximate surface area is 272 Å². The minimum absolute atomic E-state index is 0.0265. The minimum Gasteiger partial charge on any atom is -0.502 e. The fourth-order valence-corrected chi connectivity index (χ4v) is 3.78. The third kappa shape index (κ3) is 12.4. The first-order valence-electron chi connectivity index (χ1n) is 15.3. The molecule has 0 fully saturated rings. The Morgan fingerprint density at radius 3 is 1.39 bits per heavy atom. The Morgan fingerprint density at radius 2 is 1.07 bits per heavy atom. The lowest BCUT2D eigenvalue weighted by Crippen LogP contribution is -2.24. The molecule has 3 N–H and O–H groups in total. The van der Waals surface area contributed by atoms with E-state index < -0.39 is 5.56 Å². The average Bonchev–Trinajstić information content (AvgIpc) is 3.52. The number of hydrogen-bond donors (Lipinski definition) is 3. The van der Waals surface area contributed by atoms with Crippen LogP contribution in [0.15, 0.2) is 24.6 Å². The standard InChI is InChI=1S/C10H16N2O.C9H14N2O2.C8H13NO.C7H12N2O/c1-6-8(10(3,4)5)11-7(2)12-9(6)13;1-5-10-7(9(2,3)4)6(12)8(13)11-5;1-6-5-9-7(10-6)8(2,3)4;1-5-8-9-6(10-5)7(2,3)4/h1-5H3,(H,11,12,13);12H,1-4H3,(H,10,11,13);5H,1-4H3;1-4H3. The average molecular weight is 642 g/mol. The van der Waals surface area contributed by atoms with Gasteiger partial charge in [0, 0.05) is 34.1 Å². The summed E-state index contributed by atoms with van der Waals surface area (Å²) < 4.78 is 10.6. The molecule has 46 heavy (non-hydrogen) atoms. The second-order valence-corrected chi connectivity index (χ2v) is 15.4. The summed E-state index contributed by atoms with van der Waals surface area (Å²) in [4.78, 5) is 40.3. The lowest BCUT2D eigenvalue weighted by atomic mass is 9.89. The van der Waals surface area contributed by atoms with E-state index in [-0.39, 0.29) is 33.0 Å². The highest BCUT2D eigenvalue weighted by Crippen LogP contribution is 2.25. The normalized spacial score (nSPS) is 11.8. The number of hydrogen-bond acceptors (Lipinski definition) is 10. The van der Waals surface area contributed by atoms with Crippen LogP contribution in [0.5, 0.6) is 5.75 Å². The van der Waals surface area contributed by atoms with Crippen LogP contribution in [-0.4, -0.2) is 40.2 Å². The van der Waals surface area contributed by atoms with Crippen LogP contribution in [0.4, 0.5) is 0 Å². The molecule has 256 valence electrons. The SMILES string of the molecule is Cc1cnc(C(C)(C)C)o1.Cc1nc(C(C)(C)C)c(C)c(=O)[nH]1.Cc1nc(C(C)(C)C)c(O)c(=O)[nH]1.Cc1nnc(C(C)(C)C)o1. The van der Waals surface area contributed by atoms with Crippen LogP contribution in [0.25, 0.3) is 0 Å². The topological polar surface area (TPSA) is 177 Å². The van der Waals surface area contributed by atoms with Crippen molar-refractivity contribution < 1.29 is 13.9 Å². The maximum Gasteiger partial charge on any atom is 0.293 e. The molecule has 0 aromatic carbocycles. The zero-order valence-corrected chi connectivity index (χ0v) is 30.9. The number of aromatic amines is 2. The Hall–Kier alpha value is -4.09. The van der Waals surface area contributed by atoms with Gasteiger partial charge in [-0.2, -0.15) is 0 Å². The van der Waals surface area contributed by atoms with Crippen LogP contribution in [0.2, 0.25) is 0 Å². The molecule has 12 heteroatoms. The van der Waals surface area contributed by atoms with E-state index in [1.54, 1.807) is 27.0 Å². The Morgan fingerprint density at radius 1 is 0.609 bits per heavy atom. The first kappa shape index (κ1) is 39.9.